The van der Waals surface area contributed by atoms with Gasteiger partial charge in [-0.25, -0.2) is 9.78 Å². The van der Waals surface area contributed by atoms with E-state index in [0.717, 1.165) is 40.3 Å². The van der Waals surface area contributed by atoms with Crippen LogP contribution in [0.5, 0.6) is 0 Å². The van der Waals surface area contributed by atoms with E-state index in [4.69, 9.17) is 0 Å². The summed E-state index contributed by atoms with van der Waals surface area (Å²) in [7, 11) is 0. The Morgan fingerprint density at radius 1 is 1.13 bits per heavy atom. The first-order valence-electron chi connectivity index (χ1n) is 9.61. The molecule has 1 aliphatic rings. The van der Waals surface area contributed by atoms with Gasteiger partial charge in [-0.2, -0.15) is 0 Å². The van der Waals surface area contributed by atoms with Crippen LogP contribution in [-0.2, 0) is 13.0 Å². The Balaban J connectivity index is 1.50. The predicted molar refractivity (Wildman–Crippen MR) is 116 cm³/mol. The van der Waals surface area contributed by atoms with Crippen molar-refractivity contribution in [3.63, 3.8) is 0 Å². The lowest BCUT2D eigenvalue weighted by atomic mass is 9.97. The van der Waals surface area contributed by atoms with Gasteiger partial charge in [0.2, 0.25) is 0 Å². The molecule has 2 amide bonds. The molecule has 0 saturated heterocycles. The first-order valence-corrected chi connectivity index (χ1v) is 9.61. The van der Waals surface area contributed by atoms with E-state index < -0.39 is 4.92 Å². The largest absolute Gasteiger partial charge is 0.352 e. The number of rotatable bonds is 4. The lowest BCUT2D eigenvalue weighted by Crippen LogP contribution is -2.32. The fraction of sp³-hybridized carbons (Fsp3) is 0.182. The van der Waals surface area contributed by atoms with Gasteiger partial charge in [0.25, 0.3) is 5.69 Å². The number of nitrogens with one attached hydrogen (secondary N) is 2. The molecule has 0 spiro atoms. The maximum atomic E-state index is 12.4. The summed E-state index contributed by atoms with van der Waals surface area (Å²) in [5.41, 5.74) is 4.46. The smallest absolute Gasteiger partial charge is 0.323 e. The Hall–Kier alpha value is -3.94. The molecule has 8 nitrogen and oxygen atoms in total. The quantitative estimate of drug-likeness (QED) is 0.493. The molecule has 30 heavy (non-hydrogen) atoms. The number of para-hydroxylation sites is 1. The lowest BCUT2D eigenvalue weighted by molar-refractivity contribution is -0.385. The molecule has 0 unspecified atom stereocenters. The minimum absolute atomic E-state index is 0.00965. The monoisotopic (exact) mass is 403 g/mol. The van der Waals surface area contributed by atoms with Crippen LogP contribution >= 0.6 is 0 Å². The molecule has 3 aromatic rings. The van der Waals surface area contributed by atoms with Gasteiger partial charge >= 0.3 is 6.03 Å². The molecule has 0 fully saturated rings. The topological polar surface area (TPSA) is 100 Å². The van der Waals surface area contributed by atoms with Crippen molar-refractivity contribution in [1.82, 2.24) is 4.98 Å². The van der Waals surface area contributed by atoms with Gasteiger partial charge in [0.1, 0.15) is 12.0 Å². The summed E-state index contributed by atoms with van der Waals surface area (Å²) < 4.78 is 0. The van der Waals surface area contributed by atoms with Gasteiger partial charge in [-0.05, 0) is 48.2 Å². The maximum absolute atomic E-state index is 12.4. The van der Waals surface area contributed by atoms with Crippen LogP contribution in [0.25, 0.3) is 0 Å². The highest BCUT2D eigenvalue weighted by molar-refractivity contribution is 6.00. The third-order valence-corrected chi connectivity index (χ3v) is 5.09. The summed E-state index contributed by atoms with van der Waals surface area (Å²) in [5.74, 6) is 0.742. The first kappa shape index (κ1) is 19.4. The van der Waals surface area contributed by atoms with Crippen molar-refractivity contribution >= 4 is 28.9 Å². The summed E-state index contributed by atoms with van der Waals surface area (Å²) in [4.78, 5) is 29.3. The van der Waals surface area contributed by atoms with E-state index >= 15 is 0 Å². The number of nitrogens with zero attached hydrogens (tertiary/aromatic N) is 3. The second kappa shape index (κ2) is 8.20. The number of aryl methyl sites for hydroxylation is 1. The maximum Gasteiger partial charge on any atom is 0.323 e. The van der Waals surface area contributed by atoms with E-state index in [9.17, 15) is 14.9 Å². The second-order valence-corrected chi connectivity index (χ2v) is 7.15. The summed E-state index contributed by atoms with van der Waals surface area (Å²) >= 11 is 0. The number of amides is 2. The molecule has 152 valence electrons. The highest BCUT2D eigenvalue weighted by Crippen LogP contribution is 2.30. The van der Waals surface area contributed by atoms with Crippen LogP contribution in [0.2, 0.25) is 0 Å². The van der Waals surface area contributed by atoms with Gasteiger partial charge in [0.15, 0.2) is 0 Å². The van der Waals surface area contributed by atoms with Gasteiger partial charge in [-0.1, -0.05) is 30.3 Å². The number of aromatic nitrogens is 1. The highest BCUT2D eigenvalue weighted by Gasteiger charge is 2.22. The summed E-state index contributed by atoms with van der Waals surface area (Å²) in [5, 5.41) is 16.7. The zero-order valence-corrected chi connectivity index (χ0v) is 16.5. The number of pyridine rings is 1. The zero-order valence-electron chi connectivity index (χ0n) is 16.5. The predicted octanol–water partition coefficient (Wildman–Crippen LogP) is 4.50. The van der Waals surface area contributed by atoms with Crippen molar-refractivity contribution in [3.8, 4) is 0 Å². The molecular weight excluding hydrogens is 382 g/mol. The molecule has 0 bridgehead atoms. The third-order valence-electron chi connectivity index (χ3n) is 5.09. The van der Waals surface area contributed by atoms with E-state index in [1.165, 1.54) is 6.20 Å². The van der Waals surface area contributed by atoms with E-state index in [1.807, 2.05) is 55.5 Å². The Labute approximate surface area is 173 Å². The molecule has 2 aromatic carbocycles. The first-order chi connectivity index (χ1) is 14.5. The number of fused-ring (bicyclic) bond motifs is 1. The molecule has 4 rings (SSSR count). The van der Waals surface area contributed by atoms with Crippen molar-refractivity contribution in [2.45, 2.75) is 19.9 Å². The third kappa shape index (κ3) is 4.07. The summed E-state index contributed by atoms with van der Waals surface area (Å²) in [6, 6.07) is 16.4. The summed E-state index contributed by atoms with van der Waals surface area (Å²) in [6.45, 7) is 3.16. The number of carbonyl (C=O) groups excluding carboxylic acids is 1. The lowest BCUT2D eigenvalue weighted by Gasteiger charge is -2.31. The number of carbonyl (C=O) groups is 1. The minimum Gasteiger partial charge on any atom is -0.352 e. The molecule has 0 saturated carbocycles. The van der Waals surface area contributed by atoms with Crippen molar-refractivity contribution in [2.24, 2.45) is 0 Å². The molecule has 2 heterocycles. The van der Waals surface area contributed by atoms with E-state index in [-0.39, 0.29) is 11.7 Å². The number of urea groups is 1. The average Bonchev–Trinajstić information content (AvgIpc) is 2.74. The molecule has 8 heteroatoms. The van der Waals surface area contributed by atoms with Gasteiger partial charge in [-0.15, -0.1) is 0 Å². The molecule has 1 aliphatic heterocycles. The standard InChI is InChI=1S/C22H21N5O3/c1-15-12-18(27(29)30)13-23-21(15)26-11-10-19-16(14-26)6-5-9-20(19)25-22(28)24-17-7-3-2-4-8-17/h2-9,12-13H,10-11,14H2,1H3,(H2,24,25,28). The molecule has 2 N–H and O–H groups in total. The summed E-state index contributed by atoms with van der Waals surface area (Å²) in [6.07, 6.45) is 2.03. The normalized spacial score (nSPS) is 12.8. The molecule has 0 radical (unpaired) electrons. The second-order valence-electron chi connectivity index (χ2n) is 7.15. The zero-order chi connectivity index (χ0) is 21.1. The fourth-order valence-electron chi connectivity index (χ4n) is 3.70. The van der Waals surface area contributed by atoms with Crippen molar-refractivity contribution in [1.29, 1.82) is 0 Å². The number of nitro groups is 1. The van der Waals surface area contributed by atoms with Gasteiger partial charge < -0.3 is 15.5 Å². The molecule has 1 aromatic heterocycles. The molecule has 0 aliphatic carbocycles. The van der Waals surface area contributed by atoms with E-state index in [1.54, 1.807) is 6.07 Å². The number of anilines is 3. The van der Waals surface area contributed by atoms with Crippen LogP contribution in [0.4, 0.5) is 27.7 Å². The number of hydrogen-bond acceptors (Lipinski definition) is 5. The highest BCUT2D eigenvalue weighted by atomic mass is 16.6. The van der Waals surface area contributed by atoms with Crippen LogP contribution in [0, 0.1) is 17.0 Å². The van der Waals surface area contributed by atoms with E-state index in [2.05, 4.69) is 20.5 Å². The van der Waals surface area contributed by atoms with Crippen molar-refractivity contribution < 1.29 is 9.72 Å². The molecular formula is C22H21N5O3. The van der Waals surface area contributed by atoms with Crippen LogP contribution in [0.3, 0.4) is 0 Å². The Kier molecular flexibility index (Phi) is 5.30. The van der Waals surface area contributed by atoms with Crippen LogP contribution in [-0.4, -0.2) is 22.5 Å². The Morgan fingerprint density at radius 2 is 1.93 bits per heavy atom. The Morgan fingerprint density at radius 3 is 2.67 bits per heavy atom. The average molecular weight is 403 g/mol. The number of hydrogen-bond donors (Lipinski definition) is 2. The van der Waals surface area contributed by atoms with Crippen LogP contribution in [0.1, 0.15) is 16.7 Å². The van der Waals surface area contributed by atoms with Crippen molar-refractivity contribution in [3.05, 3.63) is 87.6 Å². The SMILES string of the molecule is Cc1cc([N+](=O)[O-])cnc1N1CCc2c(cccc2NC(=O)Nc2ccccc2)C1. The Bertz CT molecular complexity index is 1100. The fourth-order valence-corrected chi connectivity index (χ4v) is 3.70. The minimum atomic E-state index is -0.437. The van der Waals surface area contributed by atoms with Crippen LogP contribution in [0.15, 0.2) is 60.8 Å². The van der Waals surface area contributed by atoms with Crippen molar-refractivity contribution in [2.75, 3.05) is 22.1 Å². The molecule has 0 atom stereocenters. The number of benzene rings is 2. The van der Waals surface area contributed by atoms with Crippen LogP contribution < -0.4 is 15.5 Å². The van der Waals surface area contributed by atoms with Gasteiger partial charge in [0.05, 0.1) is 4.92 Å². The van der Waals surface area contributed by atoms with E-state index in [0.29, 0.717) is 13.1 Å². The van der Waals surface area contributed by atoms with Gasteiger partial charge in [-0.3, -0.25) is 10.1 Å². The van der Waals surface area contributed by atoms with Gasteiger partial charge in [0, 0.05) is 30.5 Å².